The fraction of sp³-hybridized carbons (Fsp3) is 0.440. The van der Waals surface area contributed by atoms with Crippen molar-refractivity contribution in [3.8, 4) is 5.75 Å². The summed E-state index contributed by atoms with van der Waals surface area (Å²) in [6, 6.07) is 16.1. The molecule has 0 aliphatic carbocycles. The third-order valence-electron chi connectivity index (χ3n) is 5.14. The third-order valence-corrected chi connectivity index (χ3v) is 5.14. The van der Waals surface area contributed by atoms with Crippen LogP contribution in [0.1, 0.15) is 49.5 Å². The van der Waals surface area contributed by atoms with Crippen LogP contribution in [0.5, 0.6) is 5.75 Å². The number of benzene rings is 2. The molecule has 7 heteroatoms. The maximum atomic E-state index is 12.8. The van der Waals surface area contributed by atoms with Crippen LogP contribution in [-0.4, -0.2) is 52.8 Å². The van der Waals surface area contributed by atoms with Crippen molar-refractivity contribution in [1.82, 2.24) is 10.2 Å². The predicted octanol–water partition coefficient (Wildman–Crippen LogP) is 3.76. The standard InChI is InChI=1S/C25H32N2O5/c1-25(2,3)32-24(30)27-15-7-10-22(28)21(16-27)26-23(29)19-11-13-20(14-12-19)31-17-18-8-5-4-6-9-18/h4-6,8-9,11-14,21-22,28H,7,10,15-17H2,1-3H3,(H,26,29)/t21-,22-/m0/s1. The summed E-state index contributed by atoms with van der Waals surface area (Å²) >= 11 is 0. The van der Waals surface area contributed by atoms with Crippen LogP contribution in [0.2, 0.25) is 0 Å². The molecular formula is C25H32N2O5. The van der Waals surface area contributed by atoms with Crippen LogP contribution in [0.3, 0.4) is 0 Å². The Kier molecular flexibility index (Phi) is 7.75. The van der Waals surface area contributed by atoms with Crippen molar-refractivity contribution in [2.24, 2.45) is 0 Å². The minimum Gasteiger partial charge on any atom is -0.489 e. The number of rotatable bonds is 5. The van der Waals surface area contributed by atoms with Crippen LogP contribution in [0, 0.1) is 0 Å². The Morgan fingerprint density at radius 2 is 1.78 bits per heavy atom. The number of nitrogens with zero attached hydrogens (tertiary/aromatic N) is 1. The van der Waals surface area contributed by atoms with Crippen LogP contribution >= 0.6 is 0 Å². The molecule has 32 heavy (non-hydrogen) atoms. The molecule has 0 spiro atoms. The Morgan fingerprint density at radius 3 is 2.44 bits per heavy atom. The van der Waals surface area contributed by atoms with Gasteiger partial charge in [0.1, 0.15) is 18.0 Å². The molecule has 1 saturated heterocycles. The second-order valence-corrected chi connectivity index (χ2v) is 9.01. The van der Waals surface area contributed by atoms with Gasteiger partial charge in [0.2, 0.25) is 0 Å². The molecule has 0 unspecified atom stereocenters. The first-order chi connectivity index (χ1) is 15.2. The van der Waals surface area contributed by atoms with Gasteiger partial charge in [0.25, 0.3) is 5.91 Å². The maximum Gasteiger partial charge on any atom is 0.410 e. The van der Waals surface area contributed by atoms with E-state index in [1.54, 1.807) is 29.2 Å². The van der Waals surface area contributed by atoms with Gasteiger partial charge >= 0.3 is 6.09 Å². The summed E-state index contributed by atoms with van der Waals surface area (Å²) in [4.78, 5) is 26.8. The Bertz CT molecular complexity index is 893. The van der Waals surface area contributed by atoms with E-state index >= 15 is 0 Å². The number of nitrogens with one attached hydrogen (secondary N) is 1. The molecule has 2 atom stereocenters. The van der Waals surface area contributed by atoms with Gasteiger partial charge in [-0.1, -0.05) is 30.3 Å². The number of carbonyl (C=O) groups is 2. The minimum absolute atomic E-state index is 0.195. The molecule has 0 saturated carbocycles. The fourth-order valence-electron chi connectivity index (χ4n) is 3.47. The number of carbonyl (C=O) groups excluding carboxylic acids is 2. The lowest BCUT2D eigenvalue weighted by molar-refractivity contribution is 0.0223. The summed E-state index contributed by atoms with van der Waals surface area (Å²) in [7, 11) is 0. The average Bonchev–Trinajstić information content (AvgIpc) is 2.94. The quantitative estimate of drug-likeness (QED) is 0.739. The van der Waals surface area contributed by atoms with Gasteiger partial charge in [-0.05, 0) is 63.4 Å². The summed E-state index contributed by atoms with van der Waals surface area (Å²) < 4.78 is 11.2. The van der Waals surface area contributed by atoms with Crippen LogP contribution < -0.4 is 10.1 Å². The molecule has 0 aromatic heterocycles. The summed E-state index contributed by atoms with van der Waals surface area (Å²) in [6.45, 7) is 6.55. The van der Waals surface area contributed by atoms with Gasteiger partial charge in [-0.25, -0.2) is 4.79 Å². The molecule has 0 bridgehead atoms. The van der Waals surface area contributed by atoms with Gasteiger partial charge in [-0.15, -0.1) is 0 Å². The SMILES string of the molecule is CC(C)(C)OC(=O)N1CCC[C@H](O)[C@@H](NC(=O)c2ccc(OCc3ccccc3)cc2)C1. The highest BCUT2D eigenvalue weighted by Gasteiger charge is 2.31. The first kappa shape index (κ1) is 23.6. The van der Waals surface area contributed by atoms with E-state index in [1.807, 2.05) is 51.1 Å². The molecule has 2 aromatic rings. The number of aliphatic hydroxyl groups is 1. The number of amides is 2. The van der Waals surface area contributed by atoms with Crippen LogP contribution in [0.15, 0.2) is 54.6 Å². The van der Waals surface area contributed by atoms with Crippen molar-refractivity contribution in [2.45, 2.75) is 58.0 Å². The van der Waals surface area contributed by atoms with E-state index in [-0.39, 0.29) is 12.5 Å². The summed E-state index contributed by atoms with van der Waals surface area (Å²) in [5.41, 5.74) is 0.911. The molecule has 7 nitrogen and oxygen atoms in total. The van der Waals surface area contributed by atoms with E-state index in [9.17, 15) is 14.7 Å². The highest BCUT2D eigenvalue weighted by atomic mass is 16.6. The lowest BCUT2D eigenvalue weighted by Crippen LogP contribution is -2.50. The second kappa shape index (κ2) is 10.5. The normalized spacial score (nSPS) is 19.1. The molecule has 3 rings (SSSR count). The van der Waals surface area contributed by atoms with Crippen molar-refractivity contribution < 1.29 is 24.2 Å². The molecular weight excluding hydrogens is 408 g/mol. The highest BCUT2D eigenvalue weighted by Crippen LogP contribution is 2.18. The van der Waals surface area contributed by atoms with Gasteiger partial charge in [0.15, 0.2) is 0 Å². The molecule has 0 radical (unpaired) electrons. The van der Waals surface area contributed by atoms with Crippen LogP contribution in [-0.2, 0) is 11.3 Å². The zero-order valence-corrected chi connectivity index (χ0v) is 18.9. The van der Waals surface area contributed by atoms with Gasteiger partial charge in [0.05, 0.1) is 12.1 Å². The molecule has 172 valence electrons. The molecule has 2 aromatic carbocycles. The summed E-state index contributed by atoms with van der Waals surface area (Å²) in [5.74, 6) is 0.353. The minimum atomic E-state index is -0.736. The van der Waals surface area contributed by atoms with E-state index in [0.717, 1.165) is 5.56 Å². The molecule has 1 aliphatic heterocycles. The van der Waals surface area contributed by atoms with E-state index in [2.05, 4.69) is 5.32 Å². The zero-order valence-electron chi connectivity index (χ0n) is 18.9. The molecule has 2 N–H and O–H groups in total. The second-order valence-electron chi connectivity index (χ2n) is 9.01. The number of ether oxygens (including phenoxy) is 2. The maximum absolute atomic E-state index is 12.8. The van der Waals surface area contributed by atoms with Gasteiger partial charge in [-0.2, -0.15) is 0 Å². The first-order valence-corrected chi connectivity index (χ1v) is 10.9. The zero-order chi connectivity index (χ0) is 23.1. The Balaban J connectivity index is 1.58. The van der Waals surface area contributed by atoms with Crippen molar-refractivity contribution >= 4 is 12.0 Å². The van der Waals surface area contributed by atoms with Gasteiger partial charge < -0.3 is 24.8 Å². The number of hydrogen-bond acceptors (Lipinski definition) is 5. The van der Waals surface area contributed by atoms with Gasteiger partial charge in [0, 0.05) is 18.7 Å². The van der Waals surface area contributed by atoms with Crippen molar-refractivity contribution in [3.05, 3.63) is 65.7 Å². The lowest BCUT2D eigenvalue weighted by Gasteiger charge is -2.29. The lowest BCUT2D eigenvalue weighted by atomic mass is 10.1. The topological polar surface area (TPSA) is 88.1 Å². The van der Waals surface area contributed by atoms with E-state index < -0.39 is 23.8 Å². The average molecular weight is 441 g/mol. The molecule has 2 amide bonds. The monoisotopic (exact) mass is 440 g/mol. The summed E-state index contributed by atoms with van der Waals surface area (Å²) in [6.07, 6.45) is -0.0397. The molecule has 1 aliphatic rings. The first-order valence-electron chi connectivity index (χ1n) is 10.9. The van der Waals surface area contributed by atoms with Crippen molar-refractivity contribution in [1.29, 1.82) is 0 Å². The van der Waals surface area contributed by atoms with Crippen molar-refractivity contribution in [3.63, 3.8) is 0 Å². The Morgan fingerprint density at radius 1 is 1.09 bits per heavy atom. The Labute approximate surface area is 189 Å². The third kappa shape index (κ3) is 6.99. The van der Waals surface area contributed by atoms with Crippen LogP contribution in [0.25, 0.3) is 0 Å². The summed E-state index contributed by atoms with van der Waals surface area (Å²) in [5, 5.41) is 13.4. The predicted molar refractivity (Wildman–Crippen MR) is 122 cm³/mol. The molecule has 1 heterocycles. The molecule has 1 fully saturated rings. The largest absolute Gasteiger partial charge is 0.489 e. The highest BCUT2D eigenvalue weighted by molar-refractivity contribution is 5.94. The van der Waals surface area contributed by atoms with Crippen molar-refractivity contribution in [2.75, 3.05) is 13.1 Å². The van der Waals surface area contributed by atoms with Crippen LogP contribution in [0.4, 0.5) is 4.79 Å². The Hall–Kier alpha value is -3.06. The fourth-order valence-corrected chi connectivity index (χ4v) is 3.47. The van der Waals surface area contributed by atoms with E-state index in [0.29, 0.717) is 37.3 Å². The number of likely N-dealkylation sites (tertiary alicyclic amines) is 1. The number of aliphatic hydroxyl groups excluding tert-OH is 1. The number of hydrogen-bond donors (Lipinski definition) is 2. The van der Waals surface area contributed by atoms with Gasteiger partial charge in [-0.3, -0.25) is 4.79 Å². The van der Waals surface area contributed by atoms with E-state index in [4.69, 9.17) is 9.47 Å². The smallest absolute Gasteiger partial charge is 0.410 e. The van der Waals surface area contributed by atoms with E-state index in [1.165, 1.54) is 0 Å².